The third-order valence-corrected chi connectivity index (χ3v) is 4.50. The molecule has 21 heavy (non-hydrogen) atoms. The zero-order chi connectivity index (χ0) is 15.0. The normalized spacial score (nSPS) is 25.8. The van der Waals surface area contributed by atoms with Gasteiger partial charge in [-0.1, -0.05) is 18.2 Å². The molecule has 1 unspecified atom stereocenters. The van der Waals surface area contributed by atoms with Crippen LogP contribution in [0.3, 0.4) is 0 Å². The first kappa shape index (κ1) is 14.4. The Morgan fingerprint density at radius 1 is 1.33 bits per heavy atom. The largest absolute Gasteiger partial charge is 0.486 e. The van der Waals surface area contributed by atoms with Crippen LogP contribution in [0.25, 0.3) is 0 Å². The van der Waals surface area contributed by atoms with Gasteiger partial charge in [0.05, 0.1) is 13.1 Å². The van der Waals surface area contributed by atoms with E-state index in [0.29, 0.717) is 19.7 Å². The minimum absolute atomic E-state index is 0.0961. The molecule has 1 atom stereocenters. The number of rotatable bonds is 3. The van der Waals surface area contributed by atoms with Crippen LogP contribution in [0.1, 0.15) is 30.9 Å². The van der Waals surface area contributed by atoms with E-state index in [-0.39, 0.29) is 12.0 Å². The van der Waals surface area contributed by atoms with Crippen molar-refractivity contribution in [3.8, 4) is 5.75 Å². The van der Waals surface area contributed by atoms with Crippen LogP contribution in [0.4, 0.5) is 0 Å². The quantitative estimate of drug-likeness (QED) is 0.858. The second-order valence-corrected chi connectivity index (χ2v) is 6.35. The van der Waals surface area contributed by atoms with Crippen LogP contribution in [-0.4, -0.2) is 42.2 Å². The summed E-state index contributed by atoms with van der Waals surface area (Å²) < 4.78 is 11.7. The van der Waals surface area contributed by atoms with E-state index in [9.17, 15) is 4.79 Å². The highest BCUT2D eigenvalue weighted by molar-refractivity contribution is 5.85. The molecule has 0 radical (unpaired) electrons. The number of carbonyl (C=O) groups is 1. The highest BCUT2D eigenvalue weighted by Crippen LogP contribution is 2.31. The molecule has 1 amide bonds. The van der Waals surface area contributed by atoms with E-state index in [2.05, 4.69) is 26.0 Å². The predicted molar refractivity (Wildman–Crippen MR) is 80.5 cm³/mol. The van der Waals surface area contributed by atoms with E-state index in [1.165, 1.54) is 0 Å². The summed E-state index contributed by atoms with van der Waals surface area (Å²) in [5, 5.41) is 0. The van der Waals surface area contributed by atoms with Gasteiger partial charge in [-0.15, -0.1) is 0 Å². The highest BCUT2D eigenvalue weighted by Gasteiger charge is 2.45. The molecule has 0 N–H and O–H groups in total. The molecule has 0 spiro atoms. The average molecular weight is 289 g/mol. The van der Waals surface area contributed by atoms with Crippen molar-refractivity contribution < 1.29 is 14.3 Å². The topological polar surface area (TPSA) is 38.8 Å². The van der Waals surface area contributed by atoms with E-state index in [4.69, 9.17) is 9.47 Å². The second-order valence-electron chi connectivity index (χ2n) is 6.35. The number of hydrogen-bond donors (Lipinski definition) is 0. The van der Waals surface area contributed by atoms with Crippen LogP contribution in [-0.2, 0) is 9.53 Å². The second kappa shape index (κ2) is 5.34. The number of hydrogen-bond acceptors (Lipinski definition) is 3. The fourth-order valence-corrected chi connectivity index (χ4v) is 3.11. The van der Waals surface area contributed by atoms with E-state index in [1.54, 1.807) is 0 Å². The molecule has 1 aromatic rings. The van der Waals surface area contributed by atoms with Gasteiger partial charge in [0.25, 0.3) is 5.91 Å². The number of carbonyl (C=O) groups excluding carboxylic acids is 1. The number of benzene rings is 1. The summed E-state index contributed by atoms with van der Waals surface area (Å²) in [4.78, 5) is 14.3. The van der Waals surface area contributed by atoms with Crippen molar-refractivity contribution in [3.05, 3.63) is 29.3 Å². The van der Waals surface area contributed by atoms with Crippen molar-refractivity contribution in [2.45, 2.75) is 45.3 Å². The van der Waals surface area contributed by atoms with Crippen LogP contribution in [0.15, 0.2) is 18.2 Å². The lowest BCUT2D eigenvalue weighted by atomic mass is 9.98. The van der Waals surface area contributed by atoms with Gasteiger partial charge in [0.1, 0.15) is 17.5 Å². The van der Waals surface area contributed by atoms with Gasteiger partial charge in [0.15, 0.2) is 0 Å². The van der Waals surface area contributed by atoms with Crippen LogP contribution in [0, 0.1) is 13.8 Å². The first-order chi connectivity index (χ1) is 9.99. The smallest absolute Gasteiger partial charge is 0.254 e. The maximum absolute atomic E-state index is 12.4. The number of para-hydroxylation sites is 1. The number of amides is 1. The zero-order valence-corrected chi connectivity index (χ0v) is 13.0. The molecular formula is C17H23NO3. The Hall–Kier alpha value is -1.55. The Kier molecular flexibility index (Phi) is 3.66. The lowest BCUT2D eigenvalue weighted by molar-refractivity contribution is -0.159. The molecule has 0 aliphatic carbocycles. The van der Waals surface area contributed by atoms with Crippen molar-refractivity contribution >= 4 is 5.91 Å². The van der Waals surface area contributed by atoms with Crippen molar-refractivity contribution in [1.29, 1.82) is 0 Å². The minimum atomic E-state index is -0.608. The molecule has 1 aromatic carbocycles. The standard InChI is InChI=1S/C17H23NO3/c1-12-6-4-7-13(2)15(12)21-14-10-18(11-14)16(19)17(3)8-5-9-20-17/h4,6-7,14H,5,8-11H2,1-3H3. The molecule has 2 aliphatic heterocycles. The fraction of sp³-hybridized carbons (Fsp3) is 0.588. The maximum Gasteiger partial charge on any atom is 0.254 e. The van der Waals surface area contributed by atoms with Gasteiger partial charge >= 0.3 is 0 Å². The summed E-state index contributed by atoms with van der Waals surface area (Å²) in [5.74, 6) is 1.07. The number of nitrogens with zero attached hydrogens (tertiary/aromatic N) is 1. The fourth-order valence-electron chi connectivity index (χ4n) is 3.11. The number of ether oxygens (including phenoxy) is 2. The summed E-state index contributed by atoms with van der Waals surface area (Å²) in [7, 11) is 0. The SMILES string of the molecule is Cc1cccc(C)c1OC1CN(C(=O)C2(C)CCCO2)C1. The molecule has 2 heterocycles. The van der Waals surface area contributed by atoms with Gasteiger partial charge in [0.2, 0.25) is 0 Å². The van der Waals surface area contributed by atoms with Gasteiger partial charge < -0.3 is 14.4 Å². The minimum Gasteiger partial charge on any atom is -0.486 e. The van der Waals surface area contributed by atoms with E-state index in [1.807, 2.05) is 17.9 Å². The Balaban J connectivity index is 1.58. The van der Waals surface area contributed by atoms with Gasteiger partial charge in [-0.3, -0.25) is 4.79 Å². The van der Waals surface area contributed by atoms with E-state index in [0.717, 1.165) is 29.7 Å². The Morgan fingerprint density at radius 3 is 2.57 bits per heavy atom. The Labute approximate surface area is 126 Å². The van der Waals surface area contributed by atoms with Gasteiger partial charge in [-0.25, -0.2) is 0 Å². The zero-order valence-electron chi connectivity index (χ0n) is 13.0. The van der Waals surface area contributed by atoms with Crippen LogP contribution in [0.2, 0.25) is 0 Å². The predicted octanol–water partition coefficient (Wildman–Crippen LogP) is 2.46. The molecule has 2 aliphatic rings. The van der Waals surface area contributed by atoms with Crippen LogP contribution in [0.5, 0.6) is 5.75 Å². The van der Waals surface area contributed by atoms with Gasteiger partial charge in [-0.05, 0) is 44.7 Å². The summed E-state index contributed by atoms with van der Waals surface area (Å²) >= 11 is 0. The molecular weight excluding hydrogens is 266 g/mol. The highest BCUT2D eigenvalue weighted by atomic mass is 16.5. The van der Waals surface area contributed by atoms with Crippen LogP contribution >= 0.6 is 0 Å². The molecule has 2 saturated heterocycles. The van der Waals surface area contributed by atoms with Crippen molar-refractivity contribution in [2.75, 3.05) is 19.7 Å². The number of aryl methyl sites for hydroxylation is 2. The maximum atomic E-state index is 12.4. The molecule has 4 nitrogen and oxygen atoms in total. The van der Waals surface area contributed by atoms with E-state index >= 15 is 0 Å². The first-order valence-corrected chi connectivity index (χ1v) is 7.66. The molecule has 2 fully saturated rings. The lowest BCUT2D eigenvalue weighted by Crippen LogP contribution is -2.61. The number of likely N-dealkylation sites (tertiary alicyclic amines) is 1. The Morgan fingerprint density at radius 2 is 2.00 bits per heavy atom. The third kappa shape index (κ3) is 2.64. The molecule has 0 saturated carbocycles. The third-order valence-electron chi connectivity index (χ3n) is 4.50. The van der Waals surface area contributed by atoms with Gasteiger partial charge in [-0.2, -0.15) is 0 Å². The summed E-state index contributed by atoms with van der Waals surface area (Å²) in [6.45, 7) is 8.02. The molecule has 0 aromatic heterocycles. The lowest BCUT2D eigenvalue weighted by Gasteiger charge is -2.42. The van der Waals surface area contributed by atoms with E-state index < -0.39 is 5.60 Å². The monoisotopic (exact) mass is 289 g/mol. The van der Waals surface area contributed by atoms with Crippen LogP contribution < -0.4 is 4.74 Å². The average Bonchev–Trinajstić information content (AvgIpc) is 2.84. The molecule has 3 rings (SSSR count). The first-order valence-electron chi connectivity index (χ1n) is 7.66. The Bertz CT molecular complexity index is 523. The molecule has 114 valence electrons. The van der Waals surface area contributed by atoms with Crippen molar-refractivity contribution in [1.82, 2.24) is 4.90 Å². The van der Waals surface area contributed by atoms with Crippen molar-refractivity contribution in [2.24, 2.45) is 0 Å². The molecule has 4 heteroatoms. The van der Waals surface area contributed by atoms with Crippen molar-refractivity contribution in [3.63, 3.8) is 0 Å². The summed E-state index contributed by atoms with van der Waals surface area (Å²) in [6.07, 6.45) is 1.89. The molecule has 0 bridgehead atoms. The summed E-state index contributed by atoms with van der Waals surface area (Å²) in [6, 6.07) is 6.14. The van der Waals surface area contributed by atoms with Gasteiger partial charge in [0, 0.05) is 6.61 Å². The summed E-state index contributed by atoms with van der Waals surface area (Å²) in [5.41, 5.74) is 1.68.